The summed E-state index contributed by atoms with van der Waals surface area (Å²) in [7, 11) is 0. The van der Waals surface area contributed by atoms with Crippen LogP contribution in [-0.4, -0.2) is 48.7 Å². The molecule has 2 aromatic rings. The van der Waals surface area contributed by atoms with Crippen LogP contribution in [0.5, 0.6) is 0 Å². The summed E-state index contributed by atoms with van der Waals surface area (Å²) in [6, 6.07) is 13.8. The Balaban J connectivity index is 1.44. The highest BCUT2D eigenvalue weighted by atomic mass is 79.9. The third kappa shape index (κ3) is 5.51. The van der Waals surface area contributed by atoms with Gasteiger partial charge < -0.3 is 10.0 Å². The fourth-order valence-corrected chi connectivity index (χ4v) is 5.29. The van der Waals surface area contributed by atoms with Gasteiger partial charge in [0.2, 0.25) is 0 Å². The first-order chi connectivity index (χ1) is 15.0. The zero-order chi connectivity index (χ0) is 21.8. The van der Waals surface area contributed by atoms with Crippen LogP contribution in [0.2, 0.25) is 5.02 Å². The van der Waals surface area contributed by atoms with E-state index in [4.69, 9.17) is 11.6 Å². The number of hydrogen-bond acceptors (Lipinski definition) is 3. The topological polar surface area (TPSA) is 43.8 Å². The van der Waals surface area contributed by atoms with Crippen molar-refractivity contribution in [2.75, 3.05) is 37.6 Å². The Bertz CT molecular complexity index is 966. The standard InChI is InChI=1S/C25H28BrClN2O2/c26-24-16-21(10-11-23(24)25(30)31)29-14-12-28(13-15-29)17-19-4-2-1-3-5-22(19)18-6-8-20(27)9-7-18/h6-11,16H,1-5,12-15,17H2,(H,30,31). The first-order valence-electron chi connectivity index (χ1n) is 11.0. The number of piperazine rings is 1. The number of aromatic carboxylic acids is 1. The highest BCUT2D eigenvalue weighted by molar-refractivity contribution is 9.10. The van der Waals surface area contributed by atoms with Gasteiger partial charge in [0.05, 0.1) is 5.56 Å². The number of hydrogen-bond donors (Lipinski definition) is 1. The molecule has 4 nitrogen and oxygen atoms in total. The van der Waals surface area contributed by atoms with Crippen molar-refractivity contribution in [1.82, 2.24) is 4.90 Å². The molecule has 0 amide bonds. The predicted octanol–water partition coefficient (Wildman–Crippen LogP) is 6.34. The predicted molar refractivity (Wildman–Crippen MR) is 131 cm³/mol. The fourth-order valence-electron chi connectivity index (χ4n) is 4.63. The molecule has 2 aliphatic rings. The van der Waals surface area contributed by atoms with Crippen LogP contribution in [0, 0.1) is 0 Å². The van der Waals surface area contributed by atoms with Gasteiger partial charge in [-0.1, -0.05) is 35.7 Å². The highest BCUT2D eigenvalue weighted by Crippen LogP contribution is 2.33. The van der Waals surface area contributed by atoms with Crippen molar-refractivity contribution in [3.63, 3.8) is 0 Å². The van der Waals surface area contributed by atoms with Crippen molar-refractivity contribution >= 4 is 44.8 Å². The van der Waals surface area contributed by atoms with Crippen molar-refractivity contribution in [2.24, 2.45) is 0 Å². The summed E-state index contributed by atoms with van der Waals surface area (Å²) >= 11 is 9.51. The first-order valence-corrected chi connectivity index (χ1v) is 12.2. The molecule has 0 aromatic heterocycles. The third-order valence-electron chi connectivity index (χ3n) is 6.36. The number of allylic oxidation sites excluding steroid dienone is 1. The number of carboxylic acids is 1. The number of rotatable bonds is 5. The third-order valence-corrected chi connectivity index (χ3v) is 7.27. The maximum absolute atomic E-state index is 11.3. The lowest BCUT2D eigenvalue weighted by atomic mass is 9.95. The normalized spacial score (nSPS) is 18.2. The summed E-state index contributed by atoms with van der Waals surface area (Å²) in [6.07, 6.45) is 6.17. The summed E-state index contributed by atoms with van der Waals surface area (Å²) in [5.41, 5.74) is 5.80. The second kappa shape index (κ2) is 10.2. The van der Waals surface area contributed by atoms with Crippen molar-refractivity contribution in [1.29, 1.82) is 0 Å². The van der Waals surface area contributed by atoms with Gasteiger partial charge in [0, 0.05) is 47.9 Å². The summed E-state index contributed by atoms with van der Waals surface area (Å²) < 4.78 is 0.635. The second-order valence-electron chi connectivity index (χ2n) is 8.38. The van der Waals surface area contributed by atoms with Gasteiger partial charge >= 0.3 is 5.97 Å². The Hall–Kier alpha value is -1.82. The molecule has 1 aliphatic heterocycles. The molecule has 1 heterocycles. The maximum atomic E-state index is 11.3. The molecule has 4 rings (SSSR count). The molecular formula is C25H28BrClN2O2. The van der Waals surface area contributed by atoms with Crippen LogP contribution in [0.1, 0.15) is 48.0 Å². The van der Waals surface area contributed by atoms with E-state index in [1.807, 2.05) is 24.3 Å². The number of carboxylic acid groups (broad SMARTS) is 1. The molecular weight excluding hydrogens is 476 g/mol. The lowest BCUT2D eigenvalue weighted by Gasteiger charge is -2.37. The SMILES string of the molecule is O=C(O)c1ccc(N2CCN(CC3=C(c4ccc(Cl)cc4)CCCCC3)CC2)cc1Br. The average Bonchev–Trinajstić information content (AvgIpc) is 3.00. The van der Waals surface area contributed by atoms with Crippen LogP contribution in [0.15, 0.2) is 52.5 Å². The Morgan fingerprint density at radius 3 is 2.35 bits per heavy atom. The Morgan fingerprint density at radius 2 is 1.68 bits per heavy atom. The number of carbonyl (C=O) groups is 1. The van der Waals surface area contributed by atoms with Gasteiger partial charge in [0.15, 0.2) is 0 Å². The van der Waals surface area contributed by atoms with E-state index in [-0.39, 0.29) is 0 Å². The molecule has 1 saturated heterocycles. The monoisotopic (exact) mass is 502 g/mol. The molecule has 164 valence electrons. The smallest absolute Gasteiger partial charge is 0.336 e. The van der Waals surface area contributed by atoms with Crippen molar-refractivity contribution < 1.29 is 9.90 Å². The van der Waals surface area contributed by atoms with Gasteiger partial charge in [-0.15, -0.1) is 0 Å². The van der Waals surface area contributed by atoms with E-state index in [0.29, 0.717) is 10.0 Å². The molecule has 6 heteroatoms. The molecule has 1 fully saturated rings. The highest BCUT2D eigenvalue weighted by Gasteiger charge is 2.21. The van der Waals surface area contributed by atoms with Crippen LogP contribution in [-0.2, 0) is 0 Å². The quantitative estimate of drug-likeness (QED) is 0.517. The van der Waals surface area contributed by atoms with E-state index >= 15 is 0 Å². The molecule has 0 bridgehead atoms. The van der Waals surface area contributed by atoms with Gasteiger partial charge in [0.25, 0.3) is 0 Å². The van der Waals surface area contributed by atoms with Gasteiger partial charge in [-0.2, -0.15) is 0 Å². The zero-order valence-corrected chi connectivity index (χ0v) is 20.0. The summed E-state index contributed by atoms with van der Waals surface area (Å²) in [5, 5.41) is 10.0. The van der Waals surface area contributed by atoms with E-state index in [1.165, 1.54) is 36.8 Å². The van der Waals surface area contributed by atoms with Crippen molar-refractivity contribution in [2.45, 2.75) is 32.1 Å². The first kappa shape index (κ1) is 22.4. The van der Waals surface area contributed by atoms with E-state index in [2.05, 4.69) is 37.9 Å². The van der Waals surface area contributed by atoms with E-state index in [9.17, 15) is 9.90 Å². The molecule has 0 radical (unpaired) electrons. The molecule has 0 atom stereocenters. The van der Waals surface area contributed by atoms with E-state index < -0.39 is 5.97 Å². The number of benzene rings is 2. The van der Waals surface area contributed by atoms with Crippen LogP contribution in [0.25, 0.3) is 5.57 Å². The van der Waals surface area contributed by atoms with Crippen LogP contribution in [0.4, 0.5) is 5.69 Å². The minimum absolute atomic E-state index is 0.303. The lowest BCUT2D eigenvalue weighted by Crippen LogP contribution is -2.47. The van der Waals surface area contributed by atoms with Crippen molar-refractivity contribution in [3.05, 3.63) is 68.7 Å². The number of halogens is 2. The number of anilines is 1. The molecule has 0 saturated carbocycles. The number of nitrogens with zero attached hydrogens (tertiary/aromatic N) is 2. The molecule has 2 aromatic carbocycles. The van der Waals surface area contributed by atoms with Gasteiger partial charge in [0.1, 0.15) is 0 Å². The average molecular weight is 504 g/mol. The zero-order valence-electron chi connectivity index (χ0n) is 17.6. The summed E-state index contributed by atoms with van der Waals surface area (Å²) in [4.78, 5) is 16.2. The molecule has 1 aliphatic carbocycles. The lowest BCUT2D eigenvalue weighted by molar-refractivity contribution is 0.0696. The molecule has 0 unspecified atom stereocenters. The molecule has 31 heavy (non-hydrogen) atoms. The van der Waals surface area contributed by atoms with Crippen LogP contribution in [0.3, 0.4) is 0 Å². The largest absolute Gasteiger partial charge is 0.478 e. The van der Waals surface area contributed by atoms with Gasteiger partial charge in [-0.25, -0.2) is 4.79 Å². The van der Waals surface area contributed by atoms with Gasteiger partial charge in [-0.05, 0) is 83.1 Å². The van der Waals surface area contributed by atoms with Crippen LogP contribution < -0.4 is 4.90 Å². The van der Waals surface area contributed by atoms with E-state index in [0.717, 1.165) is 49.9 Å². The summed E-state index contributed by atoms with van der Waals surface area (Å²) in [5.74, 6) is -0.906. The van der Waals surface area contributed by atoms with Crippen molar-refractivity contribution in [3.8, 4) is 0 Å². The molecule has 0 spiro atoms. The second-order valence-corrected chi connectivity index (χ2v) is 9.67. The summed E-state index contributed by atoms with van der Waals surface area (Å²) in [6.45, 7) is 4.95. The maximum Gasteiger partial charge on any atom is 0.336 e. The van der Waals surface area contributed by atoms with E-state index in [1.54, 1.807) is 11.6 Å². The van der Waals surface area contributed by atoms with Crippen LogP contribution >= 0.6 is 27.5 Å². The Kier molecular flexibility index (Phi) is 7.36. The minimum Gasteiger partial charge on any atom is -0.478 e. The fraction of sp³-hybridized carbons (Fsp3) is 0.400. The minimum atomic E-state index is -0.906. The molecule has 1 N–H and O–H groups in total. The van der Waals surface area contributed by atoms with Gasteiger partial charge in [-0.3, -0.25) is 4.90 Å². The Morgan fingerprint density at radius 1 is 0.968 bits per heavy atom. The Labute approximate surface area is 197 Å².